The molecule has 0 bridgehead atoms. The average Bonchev–Trinajstić information content (AvgIpc) is 3.75. The van der Waals surface area contributed by atoms with Gasteiger partial charge >= 0.3 is 0 Å². The Hall–Kier alpha value is -8.98. The van der Waals surface area contributed by atoms with Gasteiger partial charge in [0.15, 0.2) is 0 Å². The van der Waals surface area contributed by atoms with Crippen molar-refractivity contribution in [3.05, 3.63) is 267 Å². The van der Waals surface area contributed by atoms with E-state index in [9.17, 15) is 0 Å². The molecule has 318 valence electrons. The minimum Gasteiger partial charge on any atom is -0.310 e. The van der Waals surface area contributed by atoms with E-state index in [0.29, 0.717) is 0 Å². The lowest BCUT2D eigenvalue weighted by Crippen LogP contribution is -2.10. The van der Waals surface area contributed by atoms with Gasteiger partial charge in [0.25, 0.3) is 0 Å². The van der Waals surface area contributed by atoms with E-state index in [-0.39, 0.29) is 0 Å². The maximum absolute atomic E-state index is 2.43. The van der Waals surface area contributed by atoms with E-state index in [1.807, 2.05) is 0 Å². The van der Waals surface area contributed by atoms with Crippen LogP contribution < -0.4 is 4.90 Å². The van der Waals surface area contributed by atoms with Crippen LogP contribution in [-0.2, 0) is 0 Å². The highest BCUT2D eigenvalue weighted by Gasteiger charge is 2.21. The summed E-state index contributed by atoms with van der Waals surface area (Å²) in [5.74, 6) is 0. The third-order valence-corrected chi connectivity index (χ3v) is 13.7. The standard InChI is InChI=1S/C66H44N2/c1-3-19-45(20-4-1)54-35-16-23-47-24-17-36-55(64(47)54)46-39-41-50(42-40-46)67(52-27-18-28-53(44-52)68-62-37-13-11-31-58(62)59-32-12-14-38-63(59)68)51-26-15-25-49(43-51)66-61-34-10-8-30-57(61)56-29-7-9-33-60(56)65(66)48-21-5-2-6-22-48/h1-44H. The van der Waals surface area contributed by atoms with Gasteiger partial charge in [-0.25, -0.2) is 0 Å². The van der Waals surface area contributed by atoms with E-state index >= 15 is 0 Å². The van der Waals surface area contributed by atoms with Crippen molar-refractivity contribution in [1.29, 1.82) is 0 Å². The molecular weight excluding hydrogens is 821 g/mol. The molecule has 0 unspecified atom stereocenters. The van der Waals surface area contributed by atoms with E-state index in [4.69, 9.17) is 0 Å². The van der Waals surface area contributed by atoms with Crippen LogP contribution in [0.3, 0.4) is 0 Å². The van der Waals surface area contributed by atoms with Crippen LogP contribution in [0.15, 0.2) is 267 Å². The van der Waals surface area contributed by atoms with Crippen LogP contribution in [0.1, 0.15) is 0 Å². The Labute approximate surface area is 395 Å². The van der Waals surface area contributed by atoms with Crippen molar-refractivity contribution in [3.8, 4) is 50.2 Å². The predicted octanol–water partition coefficient (Wildman–Crippen LogP) is 18.4. The average molecular weight is 865 g/mol. The summed E-state index contributed by atoms with van der Waals surface area (Å²) in [5.41, 5.74) is 16.4. The fourth-order valence-corrected chi connectivity index (χ4v) is 10.8. The van der Waals surface area contributed by atoms with E-state index < -0.39 is 0 Å². The predicted molar refractivity (Wildman–Crippen MR) is 290 cm³/mol. The highest BCUT2D eigenvalue weighted by Crippen LogP contribution is 2.47. The zero-order valence-corrected chi connectivity index (χ0v) is 37.3. The Bertz CT molecular complexity index is 3960. The molecular formula is C66H44N2. The second kappa shape index (κ2) is 16.5. The summed E-state index contributed by atoms with van der Waals surface area (Å²) in [5, 5.41) is 9.96. The van der Waals surface area contributed by atoms with Crippen molar-refractivity contribution in [2.24, 2.45) is 0 Å². The molecule has 0 fully saturated rings. The molecule has 2 nitrogen and oxygen atoms in total. The number of hydrogen-bond donors (Lipinski definition) is 0. The van der Waals surface area contributed by atoms with Crippen molar-refractivity contribution in [2.75, 3.05) is 4.90 Å². The topological polar surface area (TPSA) is 8.17 Å². The van der Waals surface area contributed by atoms with Crippen LogP contribution >= 0.6 is 0 Å². The first-order chi connectivity index (χ1) is 33.8. The van der Waals surface area contributed by atoms with Crippen LogP contribution in [0, 0.1) is 0 Å². The van der Waals surface area contributed by atoms with Crippen molar-refractivity contribution in [1.82, 2.24) is 4.57 Å². The zero-order chi connectivity index (χ0) is 45.0. The Morgan fingerprint density at radius 1 is 0.265 bits per heavy atom. The molecule has 0 saturated heterocycles. The minimum absolute atomic E-state index is 1.07. The van der Waals surface area contributed by atoms with Crippen LogP contribution in [0.25, 0.3) is 104 Å². The maximum atomic E-state index is 2.43. The summed E-state index contributed by atoms with van der Waals surface area (Å²) in [6.07, 6.45) is 0. The Kier molecular flexibility index (Phi) is 9.54. The number of para-hydroxylation sites is 2. The molecule has 0 radical (unpaired) electrons. The smallest absolute Gasteiger partial charge is 0.0541 e. The molecule has 1 aromatic heterocycles. The van der Waals surface area contributed by atoms with Crippen LogP contribution in [-0.4, -0.2) is 4.57 Å². The van der Waals surface area contributed by atoms with Gasteiger partial charge in [0.05, 0.1) is 11.0 Å². The molecule has 0 aliphatic carbocycles. The Morgan fingerprint density at radius 3 is 1.31 bits per heavy atom. The summed E-state index contributed by atoms with van der Waals surface area (Å²) in [7, 11) is 0. The number of aromatic nitrogens is 1. The molecule has 0 atom stereocenters. The van der Waals surface area contributed by atoms with E-state index in [1.165, 1.54) is 93.1 Å². The third kappa shape index (κ3) is 6.57. The lowest BCUT2D eigenvalue weighted by molar-refractivity contribution is 1.17. The highest BCUT2D eigenvalue weighted by molar-refractivity contribution is 6.22. The number of anilines is 3. The first kappa shape index (κ1) is 39.4. The van der Waals surface area contributed by atoms with Crippen LogP contribution in [0.5, 0.6) is 0 Å². The van der Waals surface area contributed by atoms with E-state index in [2.05, 4.69) is 276 Å². The molecule has 68 heavy (non-hydrogen) atoms. The van der Waals surface area contributed by atoms with Gasteiger partial charge in [-0.2, -0.15) is 0 Å². The number of rotatable bonds is 8. The Morgan fingerprint density at radius 2 is 0.706 bits per heavy atom. The van der Waals surface area contributed by atoms with Crippen molar-refractivity contribution < 1.29 is 0 Å². The van der Waals surface area contributed by atoms with E-state index in [0.717, 1.165) is 28.3 Å². The fourth-order valence-electron chi connectivity index (χ4n) is 10.8. The SMILES string of the molecule is c1ccc(-c2c(-c3cccc(N(c4ccc(-c5cccc6cccc(-c7ccccc7)c56)cc4)c4cccc(-n5c6ccccc6c6ccccc65)c4)c3)c3ccccc3c3ccccc23)cc1. The summed E-state index contributed by atoms with van der Waals surface area (Å²) >= 11 is 0. The molecule has 0 spiro atoms. The third-order valence-electron chi connectivity index (χ3n) is 13.7. The quantitative estimate of drug-likeness (QED) is 0.138. The summed E-state index contributed by atoms with van der Waals surface area (Å²) < 4.78 is 2.41. The zero-order valence-electron chi connectivity index (χ0n) is 37.3. The molecule has 0 aliphatic heterocycles. The minimum atomic E-state index is 1.07. The molecule has 0 aliphatic rings. The van der Waals surface area contributed by atoms with Crippen LogP contribution in [0.2, 0.25) is 0 Å². The van der Waals surface area contributed by atoms with Gasteiger partial charge in [-0.15, -0.1) is 0 Å². The number of nitrogens with zero attached hydrogens (tertiary/aromatic N) is 2. The molecule has 0 saturated carbocycles. The summed E-state index contributed by atoms with van der Waals surface area (Å²) in [4.78, 5) is 2.43. The molecule has 1 heterocycles. The fraction of sp³-hybridized carbons (Fsp3) is 0. The monoisotopic (exact) mass is 864 g/mol. The highest BCUT2D eigenvalue weighted by atomic mass is 15.1. The molecule has 13 rings (SSSR count). The second-order valence-corrected chi connectivity index (χ2v) is 17.6. The normalized spacial score (nSPS) is 11.5. The van der Waals surface area contributed by atoms with Gasteiger partial charge in [-0.05, 0) is 131 Å². The van der Waals surface area contributed by atoms with Gasteiger partial charge in [0.1, 0.15) is 0 Å². The second-order valence-electron chi connectivity index (χ2n) is 17.6. The van der Waals surface area contributed by atoms with E-state index in [1.54, 1.807) is 0 Å². The first-order valence-electron chi connectivity index (χ1n) is 23.4. The largest absolute Gasteiger partial charge is 0.310 e. The lowest BCUT2D eigenvalue weighted by Gasteiger charge is -2.27. The van der Waals surface area contributed by atoms with Gasteiger partial charge in [-0.1, -0.05) is 212 Å². The number of benzene rings is 12. The van der Waals surface area contributed by atoms with Crippen molar-refractivity contribution >= 4 is 71.2 Å². The summed E-state index contributed by atoms with van der Waals surface area (Å²) in [6.45, 7) is 0. The van der Waals surface area contributed by atoms with Crippen LogP contribution in [0.4, 0.5) is 17.1 Å². The van der Waals surface area contributed by atoms with Gasteiger partial charge < -0.3 is 9.47 Å². The number of hydrogen-bond acceptors (Lipinski definition) is 1. The van der Waals surface area contributed by atoms with Crippen molar-refractivity contribution in [2.45, 2.75) is 0 Å². The van der Waals surface area contributed by atoms with Gasteiger partial charge in [0.2, 0.25) is 0 Å². The molecule has 0 N–H and O–H groups in total. The maximum Gasteiger partial charge on any atom is 0.0541 e. The van der Waals surface area contributed by atoms with Crippen molar-refractivity contribution in [3.63, 3.8) is 0 Å². The molecule has 0 amide bonds. The lowest BCUT2D eigenvalue weighted by atomic mass is 9.85. The molecule has 2 heteroatoms. The summed E-state index contributed by atoms with van der Waals surface area (Å²) in [6, 6.07) is 97.5. The Balaban J connectivity index is 1.02. The first-order valence-corrected chi connectivity index (χ1v) is 23.4. The number of fused-ring (bicyclic) bond motifs is 7. The molecule has 12 aromatic carbocycles. The molecule has 13 aromatic rings. The van der Waals surface area contributed by atoms with Gasteiger partial charge in [-0.3, -0.25) is 0 Å². The van der Waals surface area contributed by atoms with Gasteiger partial charge in [0, 0.05) is 33.5 Å².